The van der Waals surface area contributed by atoms with Crippen molar-refractivity contribution in [2.45, 2.75) is 38.1 Å². The molecular formula is C8H15F3N2O2. The molecule has 0 rings (SSSR count). The first kappa shape index (κ1) is 14.2. The Balaban J connectivity index is 3.72. The smallest absolute Gasteiger partial charge is 0.382 e. The van der Waals surface area contributed by atoms with Crippen molar-refractivity contribution >= 4 is 5.91 Å². The number of nitrogens with two attached hydrogens (primary N) is 1. The highest BCUT2D eigenvalue weighted by molar-refractivity contribution is 5.75. The van der Waals surface area contributed by atoms with Gasteiger partial charge in [0.1, 0.15) is 0 Å². The minimum Gasteiger partial charge on any atom is -0.382 e. The molecule has 90 valence electrons. The van der Waals surface area contributed by atoms with Crippen LogP contribution in [0.4, 0.5) is 13.2 Å². The van der Waals surface area contributed by atoms with Crippen molar-refractivity contribution in [3.05, 3.63) is 0 Å². The molecule has 0 aliphatic carbocycles. The molecule has 4 N–H and O–H groups in total. The van der Waals surface area contributed by atoms with Gasteiger partial charge < -0.3 is 16.2 Å². The fourth-order valence-corrected chi connectivity index (χ4v) is 0.773. The van der Waals surface area contributed by atoms with Crippen LogP contribution >= 0.6 is 0 Å². The Morgan fingerprint density at radius 1 is 1.53 bits per heavy atom. The average molecular weight is 228 g/mol. The van der Waals surface area contributed by atoms with E-state index in [1.807, 2.05) is 5.32 Å². The highest BCUT2D eigenvalue weighted by Crippen LogP contribution is 2.19. The van der Waals surface area contributed by atoms with Gasteiger partial charge in [0.15, 0.2) is 6.10 Å². The molecule has 0 spiro atoms. The summed E-state index contributed by atoms with van der Waals surface area (Å²) in [6.45, 7) is 0.874. The Hall–Kier alpha value is -0.820. The summed E-state index contributed by atoms with van der Waals surface area (Å²) in [7, 11) is 0. The van der Waals surface area contributed by atoms with E-state index in [9.17, 15) is 18.0 Å². The monoisotopic (exact) mass is 228 g/mol. The Kier molecular flexibility index (Phi) is 5.59. The lowest BCUT2D eigenvalue weighted by molar-refractivity contribution is -0.201. The first-order valence-corrected chi connectivity index (χ1v) is 4.50. The lowest BCUT2D eigenvalue weighted by atomic mass is 10.2. The van der Waals surface area contributed by atoms with Gasteiger partial charge in [-0.1, -0.05) is 0 Å². The number of halogens is 3. The number of carbonyl (C=O) groups is 1. The third-order valence-corrected chi connectivity index (χ3v) is 1.70. The van der Waals surface area contributed by atoms with Crippen LogP contribution in [0.2, 0.25) is 0 Å². The van der Waals surface area contributed by atoms with E-state index in [0.29, 0.717) is 6.42 Å². The molecule has 1 amide bonds. The zero-order valence-corrected chi connectivity index (χ0v) is 8.34. The van der Waals surface area contributed by atoms with Crippen LogP contribution in [-0.2, 0) is 4.79 Å². The molecule has 4 nitrogen and oxygen atoms in total. The summed E-state index contributed by atoms with van der Waals surface area (Å²) < 4.78 is 35.4. The second kappa shape index (κ2) is 5.92. The van der Waals surface area contributed by atoms with E-state index in [-0.39, 0.29) is 12.5 Å². The van der Waals surface area contributed by atoms with E-state index in [1.54, 1.807) is 6.92 Å². The molecule has 0 aromatic rings. The van der Waals surface area contributed by atoms with Crippen LogP contribution in [0.25, 0.3) is 0 Å². The van der Waals surface area contributed by atoms with Gasteiger partial charge in [-0.15, -0.1) is 0 Å². The normalized spacial score (nSPS) is 15.9. The maximum Gasteiger partial charge on any atom is 0.416 e. The van der Waals surface area contributed by atoms with Crippen molar-refractivity contribution in [2.24, 2.45) is 5.73 Å². The standard InChI is InChI=1S/C8H15F3N2O2/c1-5(12)2-3-7(15)13-4-6(14)8(9,10)11/h5-6,14H,2-4,12H2,1H3,(H,13,15). The zero-order valence-electron chi connectivity index (χ0n) is 8.34. The number of aliphatic hydroxyl groups is 1. The molecule has 0 aliphatic rings. The third kappa shape index (κ3) is 7.15. The Morgan fingerprint density at radius 3 is 2.47 bits per heavy atom. The van der Waals surface area contributed by atoms with Gasteiger partial charge in [0.25, 0.3) is 0 Å². The number of hydrogen-bond donors (Lipinski definition) is 3. The molecule has 0 aromatic heterocycles. The molecule has 0 fully saturated rings. The summed E-state index contributed by atoms with van der Waals surface area (Å²) in [4.78, 5) is 10.9. The SMILES string of the molecule is CC(N)CCC(=O)NCC(O)C(F)(F)F. The number of aliphatic hydroxyl groups excluding tert-OH is 1. The van der Waals surface area contributed by atoms with Crippen LogP contribution in [-0.4, -0.2) is 35.9 Å². The topological polar surface area (TPSA) is 75.4 Å². The summed E-state index contributed by atoms with van der Waals surface area (Å²) in [6.07, 6.45) is -6.76. The first-order chi connectivity index (χ1) is 6.73. The van der Waals surface area contributed by atoms with Gasteiger partial charge in [-0.25, -0.2) is 0 Å². The van der Waals surface area contributed by atoms with E-state index in [2.05, 4.69) is 0 Å². The van der Waals surface area contributed by atoms with Gasteiger partial charge in [0.2, 0.25) is 5.91 Å². The molecular weight excluding hydrogens is 213 g/mol. The number of carbonyl (C=O) groups excluding carboxylic acids is 1. The number of nitrogens with one attached hydrogen (secondary N) is 1. The second-order valence-electron chi connectivity index (χ2n) is 3.38. The van der Waals surface area contributed by atoms with Gasteiger partial charge >= 0.3 is 6.18 Å². The van der Waals surface area contributed by atoms with Crippen molar-refractivity contribution in [3.63, 3.8) is 0 Å². The number of alkyl halides is 3. The highest BCUT2D eigenvalue weighted by atomic mass is 19.4. The summed E-state index contributed by atoms with van der Waals surface area (Å²) in [6, 6.07) is -0.178. The lowest BCUT2D eigenvalue weighted by Gasteiger charge is -2.15. The molecule has 0 bridgehead atoms. The van der Waals surface area contributed by atoms with Gasteiger partial charge in [0.05, 0.1) is 6.54 Å². The third-order valence-electron chi connectivity index (χ3n) is 1.70. The van der Waals surface area contributed by atoms with E-state index >= 15 is 0 Å². The van der Waals surface area contributed by atoms with Gasteiger partial charge in [-0.05, 0) is 13.3 Å². The van der Waals surface area contributed by atoms with Gasteiger partial charge in [0, 0.05) is 12.5 Å². The van der Waals surface area contributed by atoms with Crippen molar-refractivity contribution in [1.29, 1.82) is 0 Å². The Labute approximate surface area is 85.6 Å². The van der Waals surface area contributed by atoms with Crippen LogP contribution in [0.5, 0.6) is 0 Å². The zero-order chi connectivity index (χ0) is 12.1. The number of rotatable bonds is 5. The van der Waals surface area contributed by atoms with Crippen molar-refractivity contribution in [3.8, 4) is 0 Å². The van der Waals surface area contributed by atoms with Crippen LogP contribution < -0.4 is 11.1 Å². The summed E-state index contributed by atoms with van der Waals surface area (Å²) in [5, 5.41) is 10.5. The summed E-state index contributed by atoms with van der Waals surface area (Å²) in [5.41, 5.74) is 5.36. The van der Waals surface area contributed by atoms with Gasteiger partial charge in [-0.3, -0.25) is 4.79 Å². The molecule has 0 saturated carbocycles. The fraction of sp³-hybridized carbons (Fsp3) is 0.875. The van der Waals surface area contributed by atoms with E-state index in [0.717, 1.165) is 0 Å². The highest BCUT2D eigenvalue weighted by Gasteiger charge is 2.38. The van der Waals surface area contributed by atoms with Gasteiger partial charge in [-0.2, -0.15) is 13.2 Å². The largest absolute Gasteiger partial charge is 0.416 e. The van der Waals surface area contributed by atoms with Crippen molar-refractivity contribution < 1.29 is 23.1 Å². The maximum absolute atomic E-state index is 11.8. The molecule has 2 unspecified atom stereocenters. The minimum atomic E-state index is -4.70. The van der Waals surface area contributed by atoms with Crippen LogP contribution in [0, 0.1) is 0 Å². The minimum absolute atomic E-state index is 0.0578. The maximum atomic E-state index is 11.8. The van der Waals surface area contributed by atoms with E-state index < -0.39 is 24.7 Å². The lowest BCUT2D eigenvalue weighted by Crippen LogP contribution is -2.40. The van der Waals surface area contributed by atoms with Crippen molar-refractivity contribution in [1.82, 2.24) is 5.32 Å². The predicted molar refractivity (Wildman–Crippen MR) is 48.0 cm³/mol. The molecule has 0 aliphatic heterocycles. The van der Waals surface area contributed by atoms with Crippen LogP contribution in [0.1, 0.15) is 19.8 Å². The summed E-state index contributed by atoms with van der Waals surface area (Å²) in [5.74, 6) is -0.546. The van der Waals surface area contributed by atoms with Crippen LogP contribution in [0.15, 0.2) is 0 Å². The molecule has 2 atom stereocenters. The van der Waals surface area contributed by atoms with Crippen LogP contribution in [0.3, 0.4) is 0 Å². The van der Waals surface area contributed by atoms with E-state index in [4.69, 9.17) is 10.8 Å². The quantitative estimate of drug-likeness (QED) is 0.627. The molecule has 7 heteroatoms. The predicted octanol–water partition coefficient (Wildman–Crippen LogP) is 0.153. The molecule has 0 radical (unpaired) electrons. The molecule has 15 heavy (non-hydrogen) atoms. The summed E-state index contributed by atoms with van der Waals surface area (Å²) >= 11 is 0. The molecule has 0 saturated heterocycles. The van der Waals surface area contributed by atoms with Crippen molar-refractivity contribution in [2.75, 3.05) is 6.54 Å². The first-order valence-electron chi connectivity index (χ1n) is 4.50. The molecule has 0 aromatic carbocycles. The number of hydrogen-bond acceptors (Lipinski definition) is 3. The average Bonchev–Trinajstić information content (AvgIpc) is 2.09. The Bertz CT molecular complexity index is 207. The second-order valence-corrected chi connectivity index (χ2v) is 3.38. The molecule has 0 heterocycles. The Morgan fingerprint density at radius 2 is 2.07 bits per heavy atom. The number of amides is 1. The fourth-order valence-electron chi connectivity index (χ4n) is 0.773. The van der Waals surface area contributed by atoms with E-state index in [1.165, 1.54) is 0 Å².